The lowest BCUT2D eigenvalue weighted by Gasteiger charge is -2.17. The zero-order valence-corrected chi connectivity index (χ0v) is 12.1. The molecule has 2 aromatic carbocycles. The van der Waals surface area contributed by atoms with Gasteiger partial charge in [0.25, 0.3) is 0 Å². The third kappa shape index (κ3) is 3.52. The average Bonchev–Trinajstić information content (AvgIpc) is 2.52. The summed E-state index contributed by atoms with van der Waals surface area (Å²) in [5.74, 6) is -1.23. The number of carbonyl (C=O) groups excluding carboxylic acids is 1. The third-order valence-electron chi connectivity index (χ3n) is 3.25. The van der Waals surface area contributed by atoms with Crippen LogP contribution in [0.3, 0.4) is 0 Å². The Balaban J connectivity index is 2.74. The molecular weight excluding hydrogens is 338 g/mol. The van der Waals surface area contributed by atoms with Gasteiger partial charge in [-0.2, -0.15) is 26.3 Å². The molecule has 0 spiro atoms. The van der Waals surface area contributed by atoms with Gasteiger partial charge in [0.15, 0.2) is 0 Å². The zero-order chi connectivity index (χ0) is 18.1. The highest BCUT2D eigenvalue weighted by molar-refractivity contribution is 5.94. The van der Waals surface area contributed by atoms with E-state index < -0.39 is 40.6 Å². The Morgan fingerprint density at radius 2 is 1.54 bits per heavy atom. The van der Waals surface area contributed by atoms with Gasteiger partial charge < -0.3 is 4.74 Å². The van der Waals surface area contributed by atoms with Crippen molar-refractivity contribution in [2.45, 2.75) is 12.4 Å². The van der Waals surface area contributed by atoms with Crippen LogP contribution >= 0.6 is 0 Å². The molecule has 0 aliphatic heterocycles. The minimum absolute atomic E-state index is 0.303. The lowest BCUT2D eigenvalue weighted by Crippen LogP contribution is -2.16. The fourth-order valence-electron chi connectivity index (χ4n) is 2.24. The lowest BCUT2D eigenvalue weighted by atomic mass is 9.94. The molecule has 0 aromatic heterocycles. The van der Waals surface area contributed by atoms with Gasteiger partial charge in [-0.25, -0.2) is 4.79 Å². The van der Waals surface area contributed by atoms with Crippen LogP contribution in [0.25, 0.3) is 11.1 Å². The largest absolute Gasteiger partial charge is 0.465 e. The first-order valence-corrected chi connectivity index (χ1v) is 6.52. The lowest BCUT2D eigenvalue weighted by molar-refractivity contribution is -0.138. The SMILES string of the molecule is COC(=O)c1cccc(-c2cccc(C(F)(F)F)c2)c1C(F)(F)F. The molecule has 128 valence electrons. The molecule has 0 amide bonds. The van der Waals surface area contributed by atoms with Gasteiger partial charge in [-0.1, -0.05) is 24.3 Å². The van der Waals surface area contributed by atoms with Gasteiger partial charge in [0.05, 0.1) is 23.8 Å². The van der Waals surface area contributed by atoms with Crippen LogP contribution in [0.5, 0.6) is 0 Å². The Morgan fingerprint density at radius 1 is 0.917 bits per heavy atom. The highest BCUT2D eigenvalue weighted by atomic mass is 19.4. The Hall–Kier alpha value is -2.51. The molecule has 24 heavy (non-hydrogen) atoms. The summed E-state index contributed by atoms with van der Waals surface area (Å²) in [6, 6.07) is 6.53. The number of esters is 1. The normalized spacial score (nSPS) is 12.1. The summed E-state index contributed by atoms with van der Waals surface area (Å²) in [6.45, 7) is 0. The molecular formula is C16H10F6O2. The second kappa shape index (κ2) is 6.18. The molecule has 0 radical (unpaired) electrons. The second-order valence-electron chi connectivity index (χ2n) is 4.80. The van der Waals surface area contributed by atoms with E-state index >= 15 is 0 Å². The molecule has 2 nitrogen and oxygen atoms in total. The number of benzene rings is 2. The van der Waals surface area contributed by atoms with Crippen molar-refractivity contribution in [2.75, 3.05) is 7.11 Å². The molecule has 0 fully saturated rings. The van der Waals surface area contributed by atoms with Crippen LogP contribution < -0.4 is 0 Å². The summed E-state index contributed by atoms with van der Waals surface area (Å²) in [4.78, 5) is 11.6. The van der Waals surface area contributed by atoms with Crippen molar-refractivity contribution in [1.82, 2.24) is 0 Å². The monoisotopic (exact) mass is 348 g/mol. The van der Waals surface area contributed by atoms with Crippen molar-refractivity contribution in [3.05, 3.63) is 59.2 Å². The summed E-state index contributed by atoms with van der Waals surface area (Å²) in [5.41, 5.74) is -4.02. The minimum atomic E-state index is -4.95. The van der Waals surface area contributed by atoms with E-state index in [1.54, 1.807) is 0 Å². The van der Waals surface area contributed by atoms with Crippen molar-refractivity contribution in [1.29, 1.82) is 0 Å². The number of carbonyl (C=O) groups is 1. The van der Waals surface area contributed by atoms with E-state index in [0.717, 1.165) is 43.5 Å². The Morgan fingerprint density at radius 3 is 2.08 bits per heavy atom. The first-order chi connectivity index (χ1) is 11.1. The van der Waals surface area contributed by atoms with E-state index in [9.17, 15) is 31.1 Å². The molecule has 0 aliphatic rings. The summed E-state index contributed by atoms with van der Waals surface area (Å²) in [6.07, 6.45) is -9.65. The molecule has 0 unspecified atom stereocenters. The van der Waals surface area contributed by atoms with Crippen LogP contribution in [0.2, 0.25) is 0 Å². The Labute approximate surface area is 132 Å². The van der Waals surface area contributed by atoms with E-state index in [0.29, 0.717) is 6.07 Å². The number of rotatable bonds is 2. The first kappa shape index (κ1) is 17.8. The first-order valence-electron chi connectivity index (χ1n) is 6.52. The number of ether oxygens (including phenoxy) is 1. The van der Waals surface area contributed by atoms with E-state index in [2.05, 4.69) is 4.74 Å². The van der Waals surface area contributed by atoms with Crippen molar-refractivity contribution >= 4 is 5.97 Å². The van der Waals surface area contributed by atoms with E-state index in [4.69, 9.17) is 0 Å². The van der Waals surface area contributed by atoms with Gasteiger partial charge in [-0.05, 0) is 29.3 Å². The molecule has 0 heterocycles. The highest BCUT2D eigenvalue weighted by Gasteiger charge is 2.39. The maximum atomic E-state index is 13.4. The molecule has 0 aliphatic carbocycles. The smallest absolute Gasteiger partial charge is 0.417 e. The molecule has 8 heteroatoms. The fraction of sp³-hybridized carbons (Fsp3) is 0.188. The molecule has 0 bridgehead atoms. The Kier molecular flexibility index (Phi) is 4.59. The van der Waals surface area contributed by atoms with Gasteiger partial charge in [0.2, 0.25) is 0 Å². The van der Waals surface area contributed by atoms with Crippen molar-refractivity contribution in [3.8, 4) is 11.1 Å². The standard InChI is InChI=1S/C16H10F6O2/c1-24-14(23)12-7-3-6-11(13(12)16(20,21)22)9-4-2-5-10(8-9)15(17,18)19/h2-8H,1H3. The van der Waals surface area contributed by atoms with Crippen LogP contribution in [0, 0.1) is 0 Å². The van der Waals surface area contributed by atoms with Gasteiger partial charge >= 0.3 is 18.3 Å². The van der Waals surface area contributed by atoms with Crippen molar-refractivity contribution in [3.63, 3.8) is 0 Å². The summed E-state index contributed by atoms with van der Waals surface area (Å²) in [5, 5.41) is 0. The molecule has 2 rings (SSSR count). The average molecular weight is 348 g/mol. The van der Waals surface area contributed by atoms with Gasteiger partial charge in [0, 0.05) is 0 Å². The van der Waals surface area contributed by atoms with E-state index in [1.807, 2.05) is 0 Å². The summed E-state index contributed by atoms with van der Waals surface area (Å²) < 4.78 is 82.9. The number of alkyl halides is 6. The van der Waals surface area contributed by atoms with Crippen molar-refractivity contribution < 1.29 is 35.9 Å². The van der Waals surface area contributed by atoms with Crippen LogP contribution in [0.15, 0.2) is 42.5 Å². The van der Waals surface area contributed by atoms with E-state index in [-0.39, 0.29) is 5.56 Å². The second-order valence-corrected chi connectivity index (χ2v) is 4.80. The predicted molar refractivity (Wildman–Crippen MR) is 73.2 cm³/mol. The van der Waals surface area contributed by atoms with Crippen LogP contribution in [0.1, 0.15) is 21.5 Å². The van der Waals surface area contributed by atoms with Crippen LogP contribution in [0.4, 0.5) is 26.3 Å². The number of methoxy groups -OCH3 is 1. The Bertz CT molecular complexity index is 762. The third-order valence-corrected chi connectivity index (χ3v) is 3.25. The molecule has 0 saturated heterocycles. The quantitative estimate of drug-likeness (QED) is 0.552. The molecule has 2 aromatic rings. The van der Waals surface area contributed by atoms with E-state index in [1.165, 1.54) is 0 Å². The number of hydrogen-bond donors (Lipinski definition) is 0. The van der Waals surface area contributed by atoms with Crippen molar-refractivity contribution in [2.24, 2.45) is 0 Å². The van der Waals surface area contributed by atoms with Gasteiger partial charge in [-0.3, -0.25) is 0 Å². The fourth-order valence-corrected chi connectivity index (χ4v) is 2.24. The predicted octanol–water partition coefficient (Wildman–Crippen LogP) is 5.18. The maximum Gasteiger partial charge on any atom is 0.417 e. The highest BCUT2D eigenvalue weighted by Crippen LogP contribution is 2.41. The van der Waals surface area contributed by atoms with Gasteiger partial charge in [-0.15, -0.1) is 0 Å². The number of halogens is 6. The molecule has 0 atom stereocenters. The molecule has 0 N–H and O–H groups in total. The zero-order valence-electron chi connectivity index (χ0n) is 12.1. The topological polar surface area (TPSA) is 26.3 Å². The molecule has 0 saturated carbocycles. The van der Waals surface area contributed by atoms with Crippen LogP contribution in [-0.2, 0) is 17.1 Å². The number of hydrogen-bond acceptors (Lipinski definition) is 2. The minimum Gasteiger partial charge on any atom is -0.465 e. The summed E-state index contributed by atoms with van der Waals surface area (Å²) >= 11 is 0. The summed E-state index contributed by atoms with van der Waals surface area (Å²) in [7, 11) is 0.916. The van der Waals surface area contributed by atoms with Gasteiger partial charge in [0.1, 0.15) is 0 Å². The van der Waals surface area contributed by atoms with Crippen LogP contribution in [-0.4, -0.2) is 13.1 Å². The maximum absolute atomic E-state index is 13.4.